The van der Waals surface area contributed by atoms with Crippen molar-refractivity contribution in [1.82, 2.24) is 15.3 Å². The molecule has 30 heavy (non-hydrogen) atoms. The molecule has 2 aliphatic rings. The Balaban J connectivity index is 0.00000272. The number of nitrogens with one attached hydrogen (secondary N) is 1. The van der Waals surface area contributed by atoms with Gasteiger partial charge in [-0.05, 0) is 49.8 Å². The van der Waals surface area contributed by atoms with E-state index in [1.807, 2.05) is 17.0 Å². The van der Waals surface area contributed by atoms with Gasteiger partial charge < -0.3 is 19.8 Å². The number of aromatic nitrogens is 1. The number of pyridine rings is 1. The van der Waals surface area contributed by atoms with E-state index in [0.717, 1.165) is 43.3 Å². The van der Waals surface area contributed by atoms with E-state index in [4.69, 9.17) is 12.2 Å². The molecule has 2 aromatic rings. The van der Waals surface area contributed by atoms with E-state index in [2.05, 4.69) is 56.5 Å². The van der Waals surface area contributed by atoms with Gasteiger partial charge in [0.05, 0.1) is 11.4 Å². The number of rotatable bonds is 3. The summed E-state index contributed by atoms with van der Waals surface area (Å²) in [5.74, 6) is 0. The number of thiocarbonyl (C=S) groups is 1. The number of hydrogen-bond acceptors (Lipinski definition) is 6. The summed E-state index contributed by atoms with van der Waals surface area (Å²) in [6, 6.07) is 12.3. The number of aliphatic hydroxyl groups excluding tert-OH is 1. The van der Waals surface area contributed by atoms with Gasteiger partial charge >= 0.3 is 0 Å². The highest BCUT2D eigenvalue weighted by molar-refractivity contribution is 7.80. The maximum Gasteiger partial charge on any atom is 0.189 e. The van der Waals surface area contributed by atoms with E-state index in [1.54, 1.807) is 13.1 Å². The van der Waals surface area contributed by atoms with Gasteiger partial charge in [0.1, 0.15) is 11.9 Å². The molecule has 1 aromatic carbocycles. The molecule has 0 saturated carbocycles. The van der Waals surface area contributed by atoms with Gasteiger partial charge in [0.2, 0.25) is 0 Å². The molecule has 1 fully saturated rings. The first kappa shape index (κ1) is 20.6. The van der Waals surface area contributed by atoms with Crippen LogP contribution in [0.2, 0.25) is 0 Å². The molecule has 1 saturated heterocycles. The minimum Gasteiger partial charge on any atom is -0.374 e. The van der Waals surface area contributed by atoms with Crippen LogP contribution >= 0.6 is 12.2 Å². The molecule has 2 N–H and O–H groups in total. The van der Waals surface area contributed by atoms with Crippen LogP contribution in [0.25, 0.3) is 0 Å². The van der Waals surface area contributed by atoms with Crippen molar-refractivity contribution < 1.29 is 6.53 Å². The molecule has 0 radical (unpaired) electrons. The Bertz CT molecular complexity index is 945. The number of aliphatic hydroxyl groups is 1. The zero-order chi connectivity index (χ0) is 21.1. The Labute approximate surface area is 184 Å². The highest BCUT2D eigenvalue weighted by atomic mass is 32.1. The summed E-state index contributed by atoms with van der Waals surface area (Å²) in [6.07, 6.45) is 1.89. The predicted molar refractivity (Wildman–Crippen MR) is 127 cm³/mol. The topological polar surface area (TPSA) is 67.2 Å². The van der Waals surface area contributed by atoms with Crippen molar-refractivity contribution in [2.24, 2.45) is 5.10 Å². The summed E-state index contributed by atoms with van der Waals surface area (Å²) in [4.78, 5) is 11.0. The van der Waals surface area contributed by atoms with Gasteiger partial charge in [-0.25, -0.2) is 0 Å². The Kier molecular flexibility index (Phi) is 6.15. The largest absolute Gasteiger partial charge is 0.374 e. The lowest BCUT2D eigenvalue weighted by molar-refractivity contribution is 0.188. The standard InChI is InChI=1S/C22H28N6OS.H2/c1-16-6-3-4-7-19(16)26-12-14-27(15-13-26)22(30)25-24-18-9-11-28(17(2)29)20-8-5-10-23-21(18)20;/h3-8,10,17,29H,9,11-15H2,1-2H3,(H,25,30);1H/b24-18-;. The molecule has 1 atom stereocenters. The van der Waals surface area contributed by atoms with Gasteiger partial charge in [0.25, 0.3) is 0 Å². The molecule has 3 heterocycles. The Morgan fingerprint density at radius 2 is 1.87 bits per heavy atom. The van der Waals surface area contributed by atoms with Crippen LogP contribution in [0, 0.1) is 6.92 Å². The molecule has 0 bridgehead atoms. The summed E-state index contributed by atoms with van der Waals surface area (Å²) in [5, 5.41) is 15.3. The van der Waals surface area contributed by atoms with E-state index < -0.39 is 6.23 Å². The van der Waals surface area contributed by atoms with Crippen LogP contribution < -0.4 is 15.2 Å². The van der Waals surface area contributed by atoms with Crippen LogP contribution in [-0.4, -0.2) is 64.8 Å². The first-order valence-electron chi connectivity index (χ1n) is 10.4. The number of piperazine rings is 1. The average molecular weight is 427 g/mol. The molecular weight excluding hydrogens is 396 g/mol. The summed E-state index contributed by atoms with van der Waals surface area (Å²) in [6.45, 7) is 8.18. The second kappa shape index (κ2) is 8.97. The average Bonchev–Trinajstić information content (AvgIpc) is 2.77. The molecule has 1 aromatic heterocycles. The SMILES string of the molecule is Cc1ccccc1N1CCN(C(=S)N/N=C2/CCN(C(C)O)c3cccnc32)CC1.[HH]. The van der Waals surface area contributed by atoms with E-state index >= 15 is 0 Å². The monoisotopic (exact) mass is 426 g/mol. The third kappa shape index (κ3) is 4.24. The number of hydrazone groups is 1. The molecule has 0 aliphatic carbocycles. The molecule has 2 aliphatic heterocycles. The van der Waals surface area contributed by atoms with Crippen molar-refractivity contribution in [2.75, 3.05) is 42.5 Å². The van der Waals surface area contributed by atoms with Gasteiger partial charge in [0, 0.05) is 52.5 Å². The number of nitrogens with zero attached hydrogens (tertiary/aromatic N) is 5. The fraction of sp³-hybridized carbons (Fsp3) is 0.409. The number of benzene rings is 1. The third-order valence-corrected chi connectivity index (χ3v) is 6.07. The van der Waals surface area contributed by atoms with Gasteiger partial charge in [-0.2, -0.15) is 5.10 Å². The lowest BCUT2D eigenvalue weighted by Crippen LogP contribution is -2.51. The predicted octanol–water partition coefficient (Wildman–Crippen LogP) is 2.59. The van der Waals surface area contributed by atoms with Crippen LogP contribution in [0.5, 0.6) is 0 Å². The molecule has 1 unspecified atom stereocenters. The Morgan fingerprint density at radius 3 is 2.60 bits per heavy atom. The van der Waals surface area contributed by atoms with E-state index in [1.165, 1.54) is 11.3 Å². The van der Waals surface area contributed by atoms with E-state index in [9.17, 15) is 5.11 Å². The summed E-state index contributed by atoms with van der Waals surface area (Å²) in [5.41, 5.74) is 8.23. The van der Waals surface area contributed by atoms with Crippen molar-refractivity contribution in [2.45, 2.75) is 26.5 Å². The van der Waals surface area contributed by atoms with Crippen LogP contribution in [0.3, 0.4) is 0 Å². The number of para-hydroxylation sites is 1. The number of aryl methyl sites for hydroxylation is 1. The molecule has 160 valence electrons. The van der Waals surface area contributed by atoms with Crippen molar-refractivity contribution in [3.63, 3.8) is 0 Å². The number of hydrogen-bond donors (Lipinski definition) is 2. The molecule has 7 nitrogen and oxygen atoms in total. The maximum atomic E-state index is 10.0. The molecule has 0 spiro atoms. The van der Waals surface area contributed by atoms with Crippen LogP contribution in [0.4, 0.5) is 11.4 Å². The number of fused-ring (bicyclic) bond motifs is 1. The highest BCUT2D eigenvalue weighted by Gasteiger charge is 2.26. The first-order chi connectivity index (χ1) is 14.5. The van der Waals surface area contributed by atoms with Gasteiger partial charge in [-0.1, -0.05) is 18.2 Å². The zero-order valence-electron chi connectivity index (χ0n) is 17.5. The van der Waals surface area contributed by atoms with E-state index in [0.29, 0.717) is 18.1 Å². The maximum absolute atomic E-state index is 10.0. The van der Waals surface area contributed by atoms with Crippen molar-refractivity contribution in [3.05, 3.63) is 53.9 Å². The minimum absolute atomic E-state index is 0. The van der Waals surface area contributed by atoms with Crippen LogP contribution in [0.1, 0.15) is 26.0 Å². The van der Waals surface area contributed by atoms with Crippen LogP contribution in [-0.2, 0) is 0 Å². The second-order valence-corrected chi connectivity index (χ2v) is 8.07. The van der Waals surface area contributed by atoms with Crippen molar-refractivity contribution in [3.8, 4) is 0 Å². The second-order valence-electron chi connectivity index (χ2n) is 7.68. The summed E-state index contributed by atoms with van der Waals surface area (Å²) in [7, 11) is 0. The lowest BCUT2D eigenvalue weighted by atomic mass is 10.1. The van der Waals surface area contributed by atoms with Gasteiger partial charge in [0.15, 0.2) is 5.11 Å². The molecular formula is C22H30N6OS. The number of anilines is 2. The summed E-state index contributed by atoms with van der Waals surface area (Å²) >= 11 is 5.61. The van der Waals surface area contributed by atoms with Gasteiger partial charge in [-0.3, -0.25) is 10.4 Å². The Morgan fingerprint density at radius 1 is 1.13 bits per heavy atom. The lowest BCUT2D eigenvalue weighted by Gasteiger charge is -2.37. The third-order valence-electron chi connectivity index (χ3n) is 5.72. The van der Waals surface area contributed by atoms with Crippen molar-refractivity contribution in [1.29, 1.82) is 0 Å². The normalized spacial score (nSPS) is 18.9. The molecule has 4 rings (SSSR count). The Hall–Kier alpha value is -2.71. The fourth-order valence-electron chi connectivity index (χ4n) is 4.07. The smallest absolute Gasteiger partial charge is 0.189 e. The minimum atomic E-state index is -0.562. The van der Waals surface area contributed by atoms with E-state index in [-0.39, 0.29) is 1.43 Å². The summed E-state index contributed by atoms with van der Waals surface area (Å²) < 4.78 is 0. The quantitative estimate of drug-likeness (QED) is 0.578. The highest BCUT2D eigenvalue weighted by Crippen LogP contribution is 2.26. The fourth-order valence-corrected chi connectivity index (χ4v) is 4.30. The van der Waals surface area contributed by atoms with Crippen molar-refractivity contribution >= 4 is 34.4 Å². The zero-order valence-corrected chi connectivity index (χ0v) is 18.3. The van der Waals surface area contributed by atoms with Gasteiger partial charge in [-0.15, -0.1) is 0 Å². The van der Waals surface area contributed by atoms with Crippen LogP contribution in [0.15, 0.2) is 47.7 Å². The first-order valence-corrected chi connectivity index (χ1v) is 10.8. The molecule has 0 amide bonds. The molecule has 8 heteroatoms.